The molecule has 0 atom stereocenters. The highest BCUT2D eigenvalue weighted by molar-refractivity contribution is 4.82. The van der Waals surface area contributed by atoms with Crippen molar-refractivity contribution < 1.29 is 9.47 Å². The lowest BCUT2D eigenvalue weighted by Crippen LogP contribution is -2.45. The second kappa shape index (κ2) is 34.8. The molecule has 0 bridgehead atoms. The van der Waals surface area contributed by atoms with Gasteiger partial charge in [-0.1, -0.05) is 161 Å². The molecule has 0 radical (unpaired) electrons. The van der Waals surface area contributed by atoms with Gasteiger partial charge in [0, 0.05) is 6.42 Å². The number of rotatable bonds is 35. The van der Waals surface area contributed by atoms with Gasteiger partial charge in [0.25, 0.3) is 0 Å². The van der Waals surface area contributed by atoms with Crippen LogP contribution in [0.5, 0.6) is 0 Å². The van der Waals surface area contributed by atoms with Gasteiger partial charge < -0.3 is 9.47 Å². The van der Waals surface area contributed by atoms with E-state index in [9.17, 15) is 0 Å². The third-order valence-corrected chi connectivity index (χ3v) is 8.50. The monoisotopic (exact) mass is 592 g/mol. The largest absolute Gasteiger partial charge is 0.338 e. The van der Waals surface area contributed by atoms with Crippen LogP contribution >= 0.6 is 0 Å². The van der Waals surface area contributed by atoms with Crippen LogP contribution in [0, 0.1) is 0 Å². The van der Waals surface area contributed by atoms with Crippen molar-refractivity contribution in [3.05, 3.63) is 24.3 Å². The Labute approximate surface area is 265 Å². The van der Waals surface area contributed by atoms with Crippen molar-refractivity contribution in [2.45, 2.75) is 213 Å². The van der Waals surface area contributed by atoms with Crippen molar-refractivity contribution in [1.82, 2.24) is 0 Å². The Morgan fingerprint density at radius 2 is 0.643 bits per heavy atom. The lowest BCUT2D eigenvalue weighted by Gasteiger charge is -2.28. The van der Waals surface area contributed by atoms with E-state index in [1.165, 1.54) is 167 Å². The SMILES string of the molecule is CCCCCCCCC=CCCCCCCCCOC(N)(CC)OCCCCCCCCC=CCCCCCCCC. The van der Waals surface area contributed by atoms with Gasteiger partial charge in [0.2, 0.25) is 5.91 Å². The Morgan fingerprint density at radius 1 is 0.381 bits per heavy atom. The summed E-state index contributed by atoms with van der Waals surface area (Å²) in [5.41, 5.74) is 6.37. The lowest BCUT2D eigenvalue weighted by atomic mass is 10.1. The van der Waals surface area contributed by atoms with Gasteiger partial charge in [-0.05, 0) is 64.2 Å². The van der Waals surface area contributed by atoms with Crippen LogP contribution in [0.25, 0.3) is 0 Å². The molecule has 0 aliphatic rings. The van der Waals surface area contributed by atoms with E-state index in [0.717, 1.165) is 12.8 Å². The maximum atomic E-state index is 6.37. The van der Waals surface area contributed by atoms with Crippen LogP contribution in [0.2, 0.25) is 0 Å². The molecule has 0 saturated carbocycles. The summed E-state index contributed by atoms with van der Waals surface area (Å²) < 4.78 is 11.9. The third-order valence-electron chi connectivity index (χ3n) is 8.50. The Balaban J connectivity index is 3.46. The van der Waals surface area contributed by atoms with Gasteiger partial charge in [-0.2, -0.15) is 0 Å². The smallest absolute Gasteiger partial charge is 0.224 e. The van der Waals surface area contributed by atoms with E-state index < -0.39 is 5.91 Å². The maximum absolute atomic E-state index is 6.37. The average Bonchev–Trinajstić information content (AvgIpc) is 3.00. The van der Waals surface area contributed by atoms with E-state index in [2.05, 4.69) is 45.1 Å². The van der Waals surface area contributed by atoms with Crippen LogP contribution in [0.3, 0.4) is 0 Å². The highest BCUT2D eigenvalue weighted by Crippen LogP contribution is 2.16. The van der Waals surface area contributed by atoms with Crippen molar-refractivity contribution in [3.63, 3.8) is 0 Å². The summed E-state index contributed by atoms with van der Waals surface area (Å²) in [6.45, 7) is 8.04. The van der Waals surface area contributed by atoms with Crippen LogP contribution in [0.1, 0.15) is 207 Å². The molecule has 0 rings (SSSR count). The molecular weight excluding hydrogens is 514 g/mol. The molecule has 0 aromatic heterocycles. The van der Waals surface area contributed by atoms with E-state index in [-0.39, 0.29) is 0 Å². The van der Waals surface area contributed by atoms with Gasteiger partial charge in [-0.25, -0.2) is 0 Å². The summed E-state index contributed by atoms with van der Waals surface area (Å²) in [7, 11) is 0. The van der Waals surface area contributed by atoms with Crippen LogP contribution in [-0.4, -0.2) is 19.1 Å². The standard InChI is InChI=1S/C39H77NO2/c1-4-7-9-11-13-15-17-19-21-23-25-27-29-31-33-35-37-41-39(40,6-3)42-38-36-34-32-30-28-26-24-22-20-18-16-14-12-10-8-5-2/h19-22H,4-18,23-38,40H2,1-3H3. The summed E-state index contributed by atoms with van der Waals surface area (Å²) in [6, 6.07) is 0. The van der Waals surface area contributed by atoms with Gasteiger partial charge in [-0.15, -0.1) is 0 Å². The Hall–Kier alpha value is -0.640. The fourth-order valence-corrected chi connectivity index (χ4v) is 5.43. The molecule has 42 heavy (non-hydrogen) atoms. The third kappa shape index (κ3) is 32.3. The van der Waals surface area contributed by atoms with Crippen molar-refractivity contribution in [2.24, 2.45) is 5.73 Å². The number of unbranched alkanes of at least 4 members (excludes halogenated alkanes) is 24. The molecule has 250 valence electrons. The molecule has 0 aromatic rings. The van der Waals surface area contributed by atoms with Gasteiger partial charge in [0.15, 0.2) is 0 Å². The first-order chi connectivity index (χ1) is 20.7. The van der Waals surface area contributed by atoms with Crippen LogP contribution < -0.4 is 5.73 Å². The van der Waals surface area contributed by atoms with E-state index >= 15 is 0 Å². The van der Waals surface area contributed by atoms with E-state index in [4.69, 9.17) is 15.2 Å². The fourth-order valence-electron chi connectivity index (χ4n) is 5.43. The Bertz CT molecular complexity index is 515. The molecule has 0 aliphatic heterocycles. The summed E-state index contributed by atoms with van der Waals surface area (Å²) in [5, 5.41) is 0. The molecule has 0 aromatic carbocycles. The molecule has 2 N–H and O–H groups in total. The summed E-state index contributed by atoms with van der Waals surface area (Å²) in [5.74, 6) is -0.899. The quantitative estimate of drug-likeness (QED) is 0.0453. The minimum absolute atomic E-state index is 0.700. The summed E-state index contributed by atoms with van der Waals surface area (Å²) >= 11 is 0. The zero-order chi connectivity index (χ0) is 30.7. The van der Waals surface area contributed by atoms with E-state index in [1.54, 1.807) is 0 Å². The molecule has 0 saturated heterocycles. The molecule has 0 spiro atoms. The molecule has 0 aliphatic carbocycles. The van der Waals surface area contributed by atoms with Crippen LogP contribution in [0.4, 0.5) is 0 Å². The van der Waals surface area contributed by atoms with Crippen molar-refractivity contribution in [2.75, 3.05) is 13.2 Å². The topological polar surface area (TPSA) is 44.5 Å². The molecule has 0 heterocycles. The average molecular weight is 592 g/mol. The van der Waals surface area contributed by atoms with Crippen molar-refractivity contribution in [3.8, 4) is 0 Å². The number of hydrogen-bond acceptors (Lipinski definition) is 3. The number of hydrogen-bond donors (Lipinski definition) is 1. The minimum Gasteiger partial charge on any atom is -0.338 e. The normalized spacial score (nSPS) is 13.5. The van der Waals surface area contributed by atoms with Gasteiger partial charge in [0.05, 0.1) is 13.2 Å². The first-order valence-electron chi connectivity index (χ1n) is 19.0. The Morgan fingerprint density at radius 3 is 0.929 bits per heavy atom. The maximum Gasteiger partial charge on any atom is 0.224 e. The van der Waals surface area contributed by atoms with E-state index in [1.807, 2.05) is 0 Å². The lowest BCUT2D eigenvalue weighted by molar-refractivity contribution is -0.236. The molecular formula is C39H77NO2. The first-order valence-corrected chi connectivity index (χ1v) is 19.0. The number of allylic oxidation sites excluding steroid dienone is 4. The zero-order valence-electron chi connectivity index (χ0n) is 29.1. The molecule has 3 heteroatoms. The summed E-state index contributed by atoms with van der Waals surface area (Å²) in [6.07, 6.45) is 47.3. The van der Waals surface area contributed by atoms with Crippen LogP contribution in [-0.2, 0) is 9.47 Å². The van der Waals surface area contributed by atoms with Gasteiger partial charge in [0.1, 0.15) is 0 Å². The minimum atomic E-state index is -0.899. The van der Waals surface area contributed by atoms with Gasteiger partial charge in [-0.3, -0.25) is 5.73 Å². The number of nitrogens with two attached hydrogens (primary N) is 1. The van der Waals surface area contributed by atoms with Crippen LogP contribution in [0.15, 0.2) is 24.3 Å². The molecule has 0 fully saturated rings. The number of ether oxygens (including phenoxy) is 2. The predicted molar refractivity (Wildman–Crippen MR) is 188 cm³/mol. The molecule has 0 unspecified atom stereocenters. The predicted octanol–water partition coefficient (Wildman–Crippen LogP) is 13.1. The van der Waals surface area contributed by atoms with Crippen molar-refractivity contribution in [1.29, 1.82) is 0 Å². The fraction of sp³-hybridized carbons (Fsp3) is 0.897. The van der Waals surface area contributed by atoms with Gasteiger partial charge >= 0.3 is 0 Å². The zero-order valence-corrected chi connectivity index (χ0v) is 29.1. The highest BCUT2D eigenvalue weighted by Gasteiger charge is 2.23. The van der Waals surface area contributed by atoms with E-state index in [0.29, 0.717) is 19.6 Å². The summed E-state index contributed by atoms with van der Waals surface area (Å²) in [4.78, 5) is 0. The first kappa shape index (κ1) is 41.4. The second-order valence-electron chi connectivity index (χ2n) is 12.7. The highest BCUT2D eigenvalue weighted by atomic mass is 16.7. The molecule has 0 amide bonds. The molecule has 3 nitrogen and oxygen atoms in total. The second-order valence-corrected chi connectivity index (χ2v) is 12.7. The Kier molecular flexibility index (Phi) is 34.3. The van der Waals surface area contributed by atoms with Crippen molar-refractivity contribution >= 4 is 0 Å².